The predicted octanol–water partition coefficient (Wildman–Crippen LogP) is 0.494. The minimum atomic E-state index is -0.584. The molecule has 0 saturated heterocycles. The highest BCUT2D eigenvalue weighted by Gasteiger charge is 2.14. The zero-order valence-electron chi connectivity index (χ0n) is 8.64. The van der Waals surface area contributed by atoms with E-state index in [1.54, 1.807) is 13.8 Å². The average Bonchev–Trinajstić information content (AvgIpc) is 2.06. The quantitative estimate of drug-likeness (QED) is 0.582. The first-order valence-electron chi connectivity index (χ1n) is 4.43. The molecular weight excluding hydrogens is 198 g/mol. The van der Waals surface area contributed by atoms with E-state index in [0.717, 1.165) is 0 Å². The van der Waals surface area contributed by atoms with Crippen molar-refractivity contribution in [2.24, 2.45) is 5.73 Å². The van der Waals surface area contributed by atoms with Gasteiger partial charge in [0.2, 0.25) is 0 Å². The highest BCUT2D eigenvalue weighted by molar-refractivity contribution is 5.24. The number of nitro groups is 1. The monoisotopic (exact) mass is 211 g/mol. The van der Waals surface area contributed by atoms with E-state index in [1.807, 2.05) is 0 Å². The normalized spacial score (nSPS) is 11.4. The molecule has 0 aliphatic rings. The third-order valence-electron chi connectivity index (χ3n) is 1.76. The van der Waals surface area contributed by atoms with E-state index in [9.17, 15) is 14.9 Å². The maximum absolute atomic E-state index is 11.4. The van der Waals surface area contributed by atoms with Crippen LogP contribution in [-0.4, -0.2) is 15.0 Å². The number of nitrogens with zero attached hydrogens (tertiary/aromatic N) is 2. The van der Waals surface area contributed by atoms with Crippen molar-refractivity contribution in [2.75, 3.05) is 0 Å². The summed E-state index contributed by atoms with van der Waals surface area (Å²) in [5.41, 5.74) is 4.74. The predicted molar refractivity (Wildman–Crippen MR) is 55.6 cm³/mol. The summed E-state index contributed by atoms with van der Waals surface area (Å²) >= 11 is 0. The summed E-state index contributed by atoms with van der Waals surface area (Å²) in [5.74, 6) is 0. The number of pyridine rings is 1. The van der Waals surface area contributed by atoms with E-state index < -0.39 is 10.5 Å². The molecule has 1 rings (SSSR count). The Hall–Kier alpha value is -1.69. The van der Waals surface area contributed by atoms with Crippen LogP contribution in [0.4, 0.5) is 5.69 Å². The van der Waals surface area contributed by atoms with Crippen molar-refractivity contribution in [2.45, 2.75) is 25.9 Å². The minimum absolute atomic E-state index is 0.112. The summed E-state index contributed by atoms with van der Waals surface area (Å²) < 4.78 is 1.25. The maximum atomic E-state index is 11.4. The molecule has 0 spiro atoms. The first-order chi connectivity index (χ1) is 6.79. The summed E-state index contributed by atoms with van der Waals surface area (Å²) in [4.78, 5) is 21.3. The second-order valence-corrected chi connectivity index (χ2v) is 4.10. The van der Waals surface area contributed by atoms with Crippen molar-refractivity contribution in [1.82, 2.24) is 4.57 Å². The van der Waals surface area contributed by atoms with Gasteiger partial charge in [-0.2, -0.15) is 0 Å². The Morgan fingerprint density at radius 3 is 2.60 bits per heavy atom. The number of rotatable bonds is 3. The number of aromatic nitrogens is 1. The van der Waals surface area contributed by atoms with Crippen molar-refractivity contribution in [1.29, 1.82) is 0 Å². The standard InChI is InChI=1S/C9H13N3O3/c1-9(2,10)6-11-5-7(12(14)15)3-4-8(11)13/h3-5H,6,10H2,1-2H3. The third kappa shape index (κ3) is 3.17. The summed E-state index contributed by atoms with van der Waals surface area (Å²) in [6.07, 6.45) is 1.21. The van der Waals surface area contributed by atoms with Crippen molar-refractivity contribution < 1.29 is 4.92 Å². The van der Waals surface area contributed by atoms with Crippen LogP contribution in [-0.2, 0) is 6.54 Å². The lowest BCUT2D eigenvalue weighted by molar-refractivity contribution is -0.385. The van der Waals surface area contributed by atoms with Gasteiger partial charge >= 0.3 is 0 Å². The molecule has 0 bridgehead atoms. The van der Waals surface area contributed by atoms with Crippen LogP contribution in [0.3, 0.4) is 0 Å². The third-order valence-corrected chi connectivity index (χ3v) is 1.76. The molecule has 1 heterocycles. The molecular formula is C9H13N3O3. The van der Waals surface area contributed by atoms with Gasteiger partial charge in [0.25, 0.3) is 11.2 Å². The van der Waals surface area contributed by atoms with E-state index in [-0.39, 0.29) is 17.8 Å². The van der Waals surface area contributed by atoms with Gasteiger partial charge in [0.1, 0.15) is 0 Å². The number of hydrogen-bond acceptors (Lipinski definition) is 4. The van der Waals surface area contributed by atoms with Gasteiger partial charge in [-0.15, -0.1) is 0 Å². The summed E-state index contributed by atoms with van der Waals surface area (Å²) in [6.45, 7) is 3.74. The lowest BCUT2D eigenvalue weighted by atomic mass is 10.1. The van der Waals surface area contributed by atoms with Crippen LogP contribution in [0, 0.1) is 10.1 Å². The Morgan fingerprint density at radius 2 is 2.13 bits per heavy atom. The smallest absolute Gasteiger partial charge is 0.285 e. The fourth-order valence-electron chi connectivity index (χ4n) is 1.19. The fourth-order valence-corrected chi connectivity index (χ4v) is 1.19. The summed E-state index contributed by atoms with van der Waals surface area (Å²) in [6, 6.07) is 2.35. The van der Waals surface area contributed by atoms with Crippen LogP contribution in [0.15, 0.2) is 23.1 Å². The molecule has 15 heavy (non-hydrogen) atoms. The van der Waals surface area contributed by atoms with Gasteiger partial charge in [-0.1, -0.05) is 0 Å². The Kier molecular flexibility index (Phi) is 2.90. The molecule has 0 saturated carbocycles. The van der Waals surface area contributed by atoms with Gasteiger partial charge in [0.05, 0.1) is 11.1 Å². The van der Waals surface area contributed by atoms with Crippen molar-refractivity contribution in [3.63, 3.8) is 0 Å². The summed E-state index contributed by atoms with van der Waals surface area (Å²) in [7, 11) is 0. The van der Waals surface area contributed by atoms with Crippen molar-refractivity contribution in [3.8, 4) is 0 Å². The second-order valence-electron chi connectivity index (χ2n) is 4.10. The molecule has 6 nitrogen and oxygen atoms in total. The SMILES string of the molecule is CC(C)(N)Cn1cc([N+](=O)[O-])ccc1=O. The molecule has 0 radical (unpaired) electrons. The van der Waals surface area contributed by atoms with E-state index >= 15 is 0 Å². The van der Waals surface area contributed by atoms with Gasteiger partial charge in [-0.25, -0.2) is 0 Å². The molecule has 82 valence electrons. The van der Waals surface area contributed by atoms with E-state index in [0.29, 0.717) is 0 Å². The second kappa shape index (κ2) is 3.82. The Bertz CT molecular complexity index is 431. The molecule has 0 atom stereocenters. The molecule has 0 amide bonds. The highest BCUT2D eigenvalue weighted by atomic mass is 16.6. The largest absolute Gasteiger partial charge is 0.324 e. The molecule has 2 N–H and O–H groups in total. The Labute approximate surface area is 86.5 Å². The van der Waals surface area contributed by atoms with Gasteiger partial charge in [0.15, 0.2) is 0 Å². The van der Waals surface area contributed by atoms with Gasteiger partial charge < -0.3 is 10.3 Å². The van der Waals surface area contributed by atoms with Crippen LogP contribution in [0.2, 0.25) is 0 Å². The van der Waals surface area contributed by atoms with Gasteiger partial charge in [-0.05, 0) is 13.8 Å². The van der Waals surface area contributed by atoms with Crippen LogP contribution >= 0.6 is 0 Å². The zero-order chi connectivity index (χ0) is 11.6. The Balaban J connectivity index is 3.12. The van der Waals surface area contributed by atoms with E-state index in [2.05, 4.69) is 0 Å². The van der Waals surface area contributed by atoms with Crippen molar-refractivity contribution in [3.05, 3.63) is 38.8 Å². The molecule has 0 aliphatic carbocycles. The lowest BCUT2D eigenvalue weighted by Gasteiger charge is -2.19. The van der Waals surface area contributed by atoms with Crippen LogP contribution in [0.25, 0.3) is 0 Å². The number of nitrogens with two attached hydrogens (primary N) is 1. The van der Waals surface area contributed by atoms with Crippen LogP contribution in [0.1, 0.15) is 13.8 Å². The first-order valence-corrected chi connectivity index (χ1v) is 4.43. The molecule has 0 unspecified atom stereocenters. The fraction of sp³-hybridized carbons (Fsp3) is 0.444. The molecule has 0 fully saturated rings. The maximum Gasteiger partial charge on any atom is 0.285 e. The van der Waals surface area contributed by atoms with E-state index in [4.69, 9.17) is 5.73 Å². The first kappa shape index (κ1) is 11.4. The van der Waals surface area contributed by atoms with Gasteiger partial charge in [-0.3, -0.25) is 14.9 Å². The molecule has 1 aromatic rings. The molecule has 0 aliphatic heterocycles. The molecule has 0 aromatic carbocycles. The van der Waals surface area contributed by atoms with Gasteiger partial charge in [0, 0.05) is 24.2 Å². The van der Waals surface area contributed by atoms with Crippen LogP contribution in [0.5, 0.6) is 0 Å². The van der Waals surface area contributed by atoms with E-state index in [1.165, 1.54) is 22.9 Å². The topological polar surface area (TPSA) is 91.2 Å². The highest BCUT2D eigenvalue weighted by Crippen LogP contribution is 2.08. The molecule has 6 heteroatoms. The summed E-state index contributed by atoms with van der Waals surface area (Å²) in [5, 5.41) is 10.5. The van der Waals surface area contributed by atoms with Crippen LogP contribution < -0.4 is 11.3 Å². The lowest BCUT2D eigenvalue weighted by Crippen LogP contribution is -2.40. The average molecular weight is 211 g/mol. The zero-order valence-corrected chi connectivity index (χ0v) is 8.64. The Morgan fingerprint density at radius 1 is 1.53 bits per heavy atom. The minimum Gasteiger partial charge on any atom is -0.324 e. The number of hydrogen-bond donors (Lipinski definition) is 1. The molecule has 1 aromatic heterocycles. The van der Waals surface area contributed by atoms with Crippen molar-refractivity contribution >= 4 is 5.69 Å².